The molecule has 1 amide bonds. The van der Waals surface area contributed by atoms with Crippen molar-refractivity contribution in [3.63, 3.8) is 0 Å². The molecule has 4 rings (SSSR count). The molecule has 0 saturated heterocycles. The lowest BCUT2D eigenvalue weighted by molar-refractivity contribution is 0.0949. The number of halogens is 1. The number of aromatic nitrogens is 4. The first-order valence-corrected chi connectivity index (χ1v) is 9.71. The number of nitrogens with zero attached hydrogens (tertiary/aromatic N) is 4. The van der Waals surface area contributed by atoms with Gasteiger partial charge >= 0.3 is 0 Å². The standard InChI is InChI=1S/C22H19FN6O2/c1-2-11-29-22(31)18-6-4-3-5-17(18)20(28-29)21(30)27-25-13-15-12-24-26-19(15)14-7-9-16(23)10-8-14/h3-10,12-13H,2,11H2,1H3,(H,24,26)(H,27,30)/b25-13+. The van der Waals surface area contributed by atoms with Gasteiger partial charge in [0.2, 0.25) is 0 Å². The Balaban J connectivity index is 1.60. The summed E-state index contributed by atoms with van der Waals surface area (Å²) >= 11 is 0. The first-order chi connectivity index (χ1) is 15.1. The van der Waals surface area contributed by atoms with E-state index < -0.39 is 5.91 Å². The lowest BCUT2D eigenvalue weighted by Crippen LogP contribution is -2.29. The van der Waals surface area contributed by atoms with Crippen LogP contribution in [0.4, 0.5) is 4.39 Å². The summed E-state index contributed by atoms with van der Waals surface area (Å²) in [7, 11) is 0. The SMILES string of the molecule is CCCn1nc(C(=O)N/N=C/c2cn[nH]c2-c2ccc(F)cc2)c2ccccc2c1=O. The maximum Gasteiger partial charge on any atom is 0.292 e. The number of amides is 1. The van der Waals surface area contributed by atoms with E-state index in [1.807, 2.05) is 6.92 Å². The van der Waals surface area contributed by atoms with Crippen LogP contribution in [0.15, 0.2) is 64.6 Å². The van der Waals surface area contributed by atoms with Gasteiger partial charge in [0.25, 0.3) is 11.5 Å². The molecule has 0 saturated carbocycles. The van der Waals surface area contributed by atoms with Crippen LogP contribution in [-0.4, -0.2) is 32.1 Å². The Hall–Kier alpha value is -4.14. The zero-order valence-corrected chi connectivity index (χ0v) is 16.7. The number of benzene rings is 2. The second-order valence-electron chi connectivity index (χ2n) is 6.83. The summed E-state index contributed by atoms with van der Waals surface area (Å²) in [5.74, 6) is -0.876. The molecule has 9 heteroatoms. The van der Waals surface area contributed by atoms with E-state index >= 15 is 0 Å². The van der Waals surface area contributed by atoms with E-state index in [0.717, 1.165) is 5.56 Å². The molecule has 0 aliphatic heterocycles. The summed E-state index contributed by atoms with van der Waals surface area (Å²) in [6.45, 7) is 2.33. The van der Waals surface area contributed by atoms with Crippen molar-refractivity contribution in [2.75, 3.05) is 0 Å². The lowest BCUT2D eigenvalue weighted by Gasteiger charge is -2.09. The third-order valence-corrected chi connectivity index (χ3v) is 4.69. The predicted octanol–water partition coefficient (Wildman–Crippen LogP) is 3.10. The molecular formula is C22H19FN6O2. The number of hydrogen-bond donors (Lipinski definition) is 2. The highest BCUT2D eigenvalue weighted by atomic mass is 19.1. The second-order valence-corrected chi connectivity index (χ2v) is 6.83. The normalized spacial score (nSPS) is 11.3. The van der Waals surface area contributed by atoms with Crippen molar-refractivity contribution in [3.05, 3.63) is 82.2 Å². The number of rotatable bonds is 6. The Bertz CT molecular complexity index is 1320. The summed E-state index contributed by atoms with van der Waals surface area (Å²) < 4.78 is 14.5. The summed E-state index contributed by atoms with van der Waals surface area (Å²) in [6.07, 6.45) is 3.69. The molecule has 0 aliphatic carbocycles. The quantitative estimate of drug-likeness (QED) is 0.371. The molecule has 8 nitrogen and oxygen atoms in total. The van der Waals surface area contributed by atoms with Crippen molar-refractivity contribution < 1.29 is 9.18 Å². The van der Waals surface area contributed by atoms with Crippen molar-refractivity contribution >= 4 is 22.9 Å². The maximum absolute atomic E-state index is 13.2. The fourth-order valence-electron chi connectivity index (χ4n) is 3.22. The first kappa shape index (κ1) is 20.1. The number of carbonyl (C=O) groups excluding carboxylic acids is 1. The molecule has 4 aromatic rings. The van der Waals surface area contributed by atoms with E-state index in [0.29, 0.717) is 35.0 Å². The Labute approximate surface area is 176 Å². The molecule has 2 N–H and O–H groups in total. The van der Waals surface area contributed by atoms with Crippen LogP contribution in [0.5, 0.6) is 0 Å². The van der Waals surface area contributed by atoms with E-state index in [9.17, 15) is 14.0 Å². The van der Waals surface area contributed by atoms with Crippen molar-refractivity contribution in [1.29, 1.82) is 0 Å². The third-order valence-electron chi connectivity index (χ3n) is 4.69. The van der Waals surface area contributed by atoms with Crippen LogP contribution >= 0.6 is 0 Å². The monoisotopic (exact) mass is 418 g/mol. The van der Waals surface area contributed by atoms with Gasteiger partial charge in [-0.1, -0.05) is 25.1 Å². The lowest BCUT2D eigenvalue weighted by atomic mass is 10.1. The number of hydrogen-bond acceptors (Lipinski definition) is 5. The highest BCUT2D eigenvalue weighted by Gasteiger charge is 2.16. The number of aromatic amines is 1. The van der Waals surface area contributed by atoms with E-state index in [-0.39, 0.29) is 17.1 Å². The average molecular weight is 418 g/mol. The number of carbonyl (C=O) groups is 1. The molecular weight excluding hydrogens is 399 g/mol. The smallest absolute Gasteiger partial charge is 0.277 e. The zero-order valence-electron chi connectivity index (χ0n) is 16.7. The summed E-state index contributed by atoms with van der Waals surface area (Å²) in [5.41, 5.74) is 4.31. The van der Waals surface area contributed by atoms with Gasteiger partial charge < -0.3 is 0 Å². The second kappa shape index (κ2) is 8.70. The van der Waals surface area contributed by atoms with Crippen LogP contribution in [0.25, 0.3) is 22.0 Å². The average Bonchev–Trinajstić information content (AvgIpc) is 3.25. The fraction of sp³-hybridized carbons (Fsp3) is 0.136. The van der Waals surface area contributed by atoms with Gasteiger partial charge in [-0.15, -0.1) is 0 Å². The van der Waals surface area contributed by atoms with E-state index in [2.05, 4.69) is 25.8 Å². The Kier molecular flexibility index (Phi) is 5.65. The number of fused-ring (bicyclic) bond motifs is 1. The molecule has 0 fully saturated rings. The highest BCUT2D eigenvalue weighted by Crippen LogP contribution is 2.20. The highest BCUT2D eigenvalue weighted by molar-refractivity contribution is 6.05. The van der Waals surface area contributed by atoms with Gasteiger partial charge in [0.15, 0.2) is 5.69 Å². The minimum atomic E-state index is -0.538. The number of nitrogens with one attached hydrogen (secondary N) is 2. The molecule has 156 valence electrons. The van der Waals surface area contributed by atoms with Crippen molar-refractivity contribution in [2.24, 2.45) is 5.10 Å². The number of aryl methyl sites for hydroxylation is 1. The topological polar surface area (TPSA) is 105 Å². The van der Waals surface area contributed by atoms with Gasteiger partial charge in [0.1, 0.15) is 5.82 Å². The van der Waals surface area contributed by atoms with Crippen LogP contribution < -0.4 is 11.0 Å². The van der Waals surface area contributed by atoms with Gasteiger partial charge in [-0.05, 0) is 36.8 Å². The molecule has 31 heavy (non-hydrogen) atoms. The van der Waals surface area contributed by atoms with Crippen LogP contribution in [-0.2, 0) is 6.54 Å². The number of hydrazone groups is 1. The van der Waals surface area contributed by atoms with Gasteiger partial charge in [-0.25, -0.2) is 14.5 Å². The molecule has 0 aliphatic rings. The molecule has 2 heterocycles. The predicted molar refractivity (Wildman–Crippen MR) is 115 cm³/mol. The van der Waals surface area contributed by atoms with Crippen LogP contribution in [0.2, 0.25) is 0 Å². The molecule has 2 aromatic heterocycles. The van der Waals surface area contributed by atoms with Crippen LogP contribution in [0.1, 0.15) is 29.4 Å². The maximum atomic E-state index is 13.2. The van der Waals surface area contributed by atoms with Gasteiger partial charge in [0, 0.05) is 23.1 Å². The molecule has 0 spiro atoms. The van der Waals surface area contributed by atoms with Gasteiger partial charge in [-0.3, -0.25) is 14.7 Å². The van der Waals surface area contributed by atoms with E-state index in [1.165, 1.54) is 23.0 Å². The molecule has 0 atom stereocenters. The fourth-order valence-corrected chi connectivity index (χ4v) is 3.22. The van der Waals surface area contributed by atoms with Gasteiger partial charge in [-0.2, -0.15) is 15.3 Å². The molecule has 2 aromatic carbocycles. The summed E-state index contributed by atoms with van der Waals surface area (Å²) in [5, 5.41) is 16.0. The van der Waals surface area contributed by atoms with Crippen molar-refractivity contribution in [3.8, 4) is 11.3 Å². The molecule has 0 bridgehead atoms. The number of H-pyrrole nitrogens is 1. The molecule has 0 radical (unpaired) electrons. The van der Waals surface area contributed by atoms with Gasteiger partial charge in [0.05, 0.1) is 23.5 Å². The third kappa shape index (κ3) is 4.11. The minimum absolute atomic E-state index is 0.117. The molecule has 0 unspecified atom stereocenters. The van der Waals surface area contributed by atoms with Crippen molar-refractivity contribution in [1.82, 2.24) is 25.4 Å². The van der Waals surface area contributed by atoms with Crippen molar-refractivity contribution in [2.45, 2.75) is 19.9 Å². The van der Waals surface area contributed by atoms with Crippen LogP contribution in [0, 0.1) is 5.82 Å². The van der Waals surface area contributed by atoms with Crippen LogP contribution in [0.3, 0.4) is 0 Å². The van der Waals surface area contributed by atoms with E-state index in [1.54, 1.807) is 42.6 Å². The Morgan fingerprint density at radius 2 is 1.94 bits per heavy atom. The summed E-state index contributed by atoms with van der Waals surface area (Å²) in [6, 6.07) is 12.8. The summed E-state index contributed by atoms with van der Waals surface area (Å²) in [4.78, 5) is 25.3. The minimum Gasteiger partial charge on any atom is -0.277 e. The Morgan fingerprint density at radius 3 is 2.68 bits per heavy atom. The first-order valence-electron chi connectivity index (χ1n) is 9.71. The largest absolute Gasteiger partial charge is 0.292 e. The Morgan fingerprint density at radius 1 is 1.19 bits per heavy atom. The van der Waals surface area contributed by atoms with E-state index in [4.69, 9.17) is 0 Å². The zero-order chi connectivity index (χ0) is 21.8.